The smallest absolute Gasteiger partial charge is 0.255 e. The molecule has 0 spiro atoms. The Bertz CT molecular complexity index is 641. The fourth-order valence-corrected chi connectivity index (χ4v) is 2.56. The van der Waals surface area contributed by atoms with Gasteiger partial charge in [-0.15, -0.1) is 0 Å². The lowest BCUT2D eigenvalue weighted by atomic mass is 10.0. The van der Waals surface area contributed by atoms with Crippen LogP contribution in [0.5, 0.6) is 5.75 Å². The zero-order valence-corrected chi connectivity index (χ0v) is 14.7. The van der Waals surface area contributed by atoms with Crippen molar-refractivity contribution in [2.24, 2.45) is 0 Å². The second-order valence-electron chi connectivity index (χ2n) is 5.95. The Balaban J connectivity index is 2.00. The van der Waals surface area contributed by atoms with Gasteiger partial charge in [0.1, 0.15) is 5.75 Å². The summed E-state index contributed by atoms with van der Waals surface area (Å²) in [6, 6.07) is 17.9. The van der Waals surface area contributed by atoms with E-state index in [-0.39, 0.29) is 11.9 Å². The lowest BCUT2D eigenvalue weighted by Gasteiger charge is -2.25. The van der Waals surface area contributed by atoms with Gasteiger partial charge in [0.15, 0.2) is 0 Å². The number of hydrogen-bond donors (Lipinski definition) is 1. The van der Waals surface area contributed by atoms with E-state index < -0.39 is 0 Å². The molecule has 4 heteroatoms. The van der Waals surface area contributed by atoms with E-state index in [1.807, 2.05) is 57.4 Å². The summed E-state index contributed by atoms with van der Waals surface area (Å²) in [5.74, 6) is 0.529. The van der Waals surface area contributed by atoms with E-state index >= 15 is 0 Å². The molecule has 1 amide bonds. The molecule has 1 N–H and O–H groups in total. The second-order valence-corrected chi connectivity index (χ2v) is 5.95. The van der Waals surface area contributed by atoms with Crippen LogP contribution in [-0.4, -0.2) is 44.1 Å². The monoisotopic (exact) mass is 326 g/mol. The quantitative estimate of drug-likeness (QED) is 0.811. The first-order chi connectivity index (χ1) is 11.6. The lowest BCUT2D eigenvalue weighted by Crippen LogP contribution is -2.41. The molecule has 0 saturated heterocycles. The molecule has 0 aromatic heterocycles. The van der Waals surface area contributed by atoms with Crippen molar-refractivity contribution < 1.29 is 9.53 Å². The highest BCUT2D eigenvalue weighted by Crippen LogP contribution is 2.17. The number of ether oxygens (including phenoxy) is 1. The number of carbonyl (C=O) groups excluding carboxylic acids is 1. The van der Waals surface area contributed by atoms with Gasteiger partial charge in [0.05, 0.1) is 12.2 Å². The fourth-order valence-electron chi connectivity index (χ4n) is 2.56. The highest BCUT2D eigenvalue weighted by molar-refractivity contribution is 5.96. The van der Waals surface area contributed by atoms with Crippen molar-refractivity contribution in [1.82, 2.24) is 10.2 Å². The zero-order chi connectivity index (χ0) is 17.4. The Morgan fingerprint density at radius 2 is 1.75 bits per heavy atom. The van der Waals surface area contributed by atoms with Crippen LogP contribution in [0.4, 0.5) is 0 Å². The molecule has 24 heavy (non-hydrogen) atoms. The molecule has 2 aromatic rings. The van der Waals surface area contributed by atoms with E-state index in [0.717, 1.165) is 6.42 Å². The molecule has 0 aliphatic rings. The molecular formula is C20H26N2O2. The van der Waals surface area contributed by atoms with Crippen molar-refractivity contribution in [2.75, 3.05) is 27.2 Å². The van der Waals surface area contributed by atoms with Gasteiger partial charge in [0.25, 0.3) is 5.91 Å². The number of amides is 1. The SMILES string of the molecule is CCOc1ccccc1C(=O)NCC(Cc1ccccc1)N(C)C. The van der Waals surface area contributed by atoms with Crippen molar-refractivity contribution in [1.29, 1.82) is 0 Å². The molecule has 4 nitrogen and oxygen atoms in total. The Kier molecular flexibility index (Phi) is 6.82. The molecule has 2 aromatic carbocycles. The van der Waals surface area contributed by atoms with Crippen LogP contribution in [0.3, 0.4) is 0 Å². The fraction of sp³-hybridized carbons (Fsp3) is 0.350. The van der Waals surface area contributed by atoms with Gasteiger partial charge in [-0.3, -0.25) is 4.79 Å². The predicted octanol–water partition coefficient (Wildman–Crippen LogP) is 2.99. The highest BCUT2D eigenvalue weighted by Gasteiger charge is 2.16. The summed E-state index contributed by atoms with van der Waals surface area (Å²) in [5.41, 5.74) is 1.84. The Hall–Kier alpha value is -2.33. The van der Waals surface area contributed by atoms with Crippen LogP contribution in [0, 0.1) is 0 Å². The first-order valence-corrected chi connectivity index (χ1v) is 8.32. The maximum Gasteiger partial charge on any atom is 0.255 e. The standard InChI is InChI=1S/C20H26N2O2/c1-4-24-19-13-9-8-12-18(19)20(23)21-15-17(22(2)3)14-16-10-6-5-7-11-16/h5-13,17H,4,14-15H2,1-3H3,(H,21,23). The van der Waals surface area contributed by atoms with Crippen molar-refractivity contribution in [2.45, 2.75) is 19.4 Å². The largest absolute Gasteiger partial charge is 0.493 e. The predicted molar refractivity (Wildman–Crippen MR) is 97.6 cm³/mol. The lowest BCUT2D eigenvalue weighted by molar-refractivity contribution is 0.0938. The molecule has 0 aliphatic carbocycles. The minimum absolute atomic E-state index is 0.0982. The van der Waals surface area contributed by atoms with Crippen LogP contribution < -0.4 is 10.1 Å². The average molecular weight is 326 g/mol. The van der Waals surface area contributed by atoms with Gasteiger partial charge in [-0.2, -0.15) is 0 Å². The molecule has 1 atom stereocenters. The minimum Gasteiger partial charge on any atom is -0.493 e. The van der Waals surface area contributed by atoms with E-state index in [2.05, 4.69) is 22.3 Å². The minimum atomic E-state index is -0.0982. The number of rotatable bonds is 8. The van der Waals surface area contributed by atoms with Crippen LogP contribution in [-0.2, 0) is 6.42 Å². The van der Waals surface area contributed by atoms with Gasteiger partial charge in [-0.1, -0.05) is 42.5 Å². The molecule has 0 radical (unpaired) electrons. The molecule has 0 fully saturated rings. The summed E-state index contributed by atoms with van der Waals surface area (Å²) in [6.45, 7) is 3.04. The van der Waals surface area contributed by atoms with Gasteiger partial charge < -0.3 is 15.0 Å². The van der Waals surface area contributed by atoms with Crippen LogP contribution >= 0.6 is 0 Å². The third-order valence-electron chi connectivity index (χ3n) is 3.97. The molecule has 0 aliphatic heterocycles. The van der Waals surface area contributed by atoms with Gasteiger partial charge in [-0.25, -0.2) is 0 Å². The van der Waals surface area contributed by atoms with Crippen molar-refractivity contribution in [3.8, 4) is 5.75 Å². The molecule has 0 heterocycles. The van der Waals surface area contributed by atoms with Crippen molar-refractivity contribution >= 4 is 5.91 Å². The van der Waals surface area contributed by atoms with Gasteiger partial charge in [0, 0.05) is 12.6 Å². The highest BCUT2D eigenvalue weighted by atomic mass is 16.5. The molecular weight excluding hydrogens is 300 g/mol. The van der Waals surface area contributed by atoms with Crippen LogP contribution in [0.2, 0.25) is 0 Å². The molecule has 0 saturated carbocycles. The molecule has 128 valence electrons. The van der Waals surface area contributed by atoms with Crippen molar-refractivity contribution in [3.05, 3.63) is 65.7 Å². The number of benzene rings is 2. The number of nitrogens with zero attached hydrogens (tertiary/aromatic N) is 1. The van der Waals surface area contributed by atoms with Crippen LogP contribution in [0.25, 0.3) is 0 Å². The summed E-state index contributed by atoms with van der Waals surface area (Å²) in [6.07, 6.45) is 0.890. The molecule has 1 unspecified atom stereocenters. The Morgan fingerprint density at radius 3 is 2.42 bits per heavy atom. The maximum absolute atomic E-state index is 12.5. The number of hydrogen-bond acceptors (Lipinski definition) is 3. The van der Waals surface area contributed by atoms with Crippen LogP contribution in [0.1, 0.15) is 22.8 Å². The van der Waals surface area contributed by atoms with E-state index in [4.69, 9.17) is 4.74 Å². The van der Waals surface area contributed by atoms with Crippen LogP contribution in [0.15, 0.2) is 54.6 Å². The normalized spacial score (nSPS) is 12.0. The maximum atomic E-state index is 12.5. The van der Waals surface area contributed by atoms with E-state index in [1.165, 1.54) is 5.56 Å². The summed E-state index contributed by atoms with van der Waals surface area (Å²) < 4.78 is 5.54. The molecule has 2 rings (SSSR count). The zero-order valence-electron chi connectivity index (χ0n) is 14.7. The van der Waals surface area contributed by atoms with Gasteiger partial charge in [-0.05, 0) is 45.1 Å². The Morgan fingerprint density at radius 1 is 1.08 bits per heavy atom. The third kappa shape index (κ3) is 5.10. The number of nitrogens with one attached hydrogen (secondary N) is 1. The summed E-state index contributed by atoms with van der Waals surface area (Å²) >= 11 is 0. The summed E-state index contributed by atoms with van der Waals surface area (Å²) in [7, 11) is 4.07. The summed E-state index contributed by atoms with van der Waals surface area (Å²) in [5, 5.41) is 3.04. The van der Waals surface area contributed by atoms with Gasteiger partial charge >= 0.3 is 0 Å². The second kappa shape index (κ2) is 9.08. The van der Waals surface area contributed by atoms with Crippen molar-refractivity contribution in [3.63, 3.8) is 0 Å². The van der Waals surface area contributed by atoms with Gasteiger partial charge in [0.2, 0.25) is 0 Å². The number of para-hydroxylation sites is 1. The third-order valence-corrected chi connectivity index (χ3v) is 3.97. The van der Waals surface area contributed by atoms with E-state index in [1.54, 1.807) is 6.07 Å². The average Bonchev–Trinajstić information content (AvgIpc) is 2.59. The number of carbonyl (C=O) groups is 1. The first-order valence-electron chi connectivity index (χ1n) is 8.32. The first kappa shape index (κ1) is 18.0. The Labute approximate surface area is 144 Å². The van der Waals surface area contributed by atoms with E-state index in [9.17, 15) is 4.79 Å². The topological polar surface area (TPSA) is 41.6 Å². The van der Waals surface area contributed by atoms with E-state index in [0.29, 0.717) is 24.5 Å². The summed E-state index contributed by atoms with van der Waals surface area (Å²) in [4.78, 5) is 14.7. The number of likely N-dealkylation sites (N-methyl/N-ethyl adjacent to an activating group) is 1. The molecule has 0 bridgehead atoms.